The summed E-state index contributed by atoms with van der Waals surface area (Å²) in [5.74, 6) is -2.44. The first kappa shape index (κ1) is 21.9. The van der Waals surface area contributed by atoms with E-state index >= 15 is 0 Å². The molecule has 0 bridgehead atoms. The molecule has 32 heavy (non-hydrogen) atoms. The van der Waals surface area contributed by atoms with Gasteiger partial charge < -0.3 is 10.6 Å². The second-order valence-electron chi connectivity index (χ2n) is 8.08. The maximum Gasteiger partial charge on any atom is 0.406 e. The van der Waals surface area contributed by atoms with Crippen LogP contribution in [0, 0.1) is 0 Å². The van der Waals surface area contributed by atoms with Gasteiger partial charge in [0.25, 0.3) is 11.8 Å². The highest BCUT2D eigenvalue weighted by atomic mass is 19.4. The van der Waals surface area contributed by atoms with Gasteiger partial charge in [0.2, 0.25) is 0 Å². The minimum Gasteiger partial charge on any atom is -0.366 e. The van der Waals surface area contributed by atoms with Gasteiger partial charge in [-0.1, -0.05) is 30.3 Å². The van der Waals surface area contributed by atoms with Crippen LogP contribution in [0.1, 0.15) is 38.3 Å². The molecule has 1 aromatic heterocycles. The van der Waals surface area contributed by atoms with Crippen LogP contribution in [0.15, 0.2) is 53.9 Å². The molecule has 3 atom stereocenters. The highest BCUT2D eigenvalue weighted by Crippen LogP contribution is 2.41. The number of alkyl halides is 3. The third-order valence-electron chi connectivity index (χ3n) is 5.57. The number of fused-ring (bicyclic) bond motifs is 1. The molecule has 2 amide bonds. The minimum absolute atomic E-state index is 0.0726. The van der Waals surface area contributed by atoms with Gasteiger partial charge in [0.05, 0.1) is 5.92 Å². The Kier molecular flexibility index (Phi) is 5.45. The smallest absolute Gasteiger partial charge is 0.366 e. The number of aromatic nitrogens is 2. The summed E-state index contributed by atoms with van der Waals surface area (Å²) >= 11 is 0. The van der Waals surface area contributed by atoms with E-state index in [1.165, 1.54) is 6.92 Å². The summed E-state index contributed by atoms with van der Waals surface area (Å²) < 4.78 is 43.2. The standard InChI is InChI=1S/C21H23F3N6O2/c1-11(2)29-10-9-14(27-29)26-19(31)15-12(3)25-18-16(13-7-5-4-6-8-13)17(21(22,23)24)28-30(18)20(15)32/h4-11,16-18,25,28H,1-3H3,(H,26,27,31). The first-order valence-corrected chi connectivity index (χ1v) is 10.1. The lowest BCUT2D eigenvalue weighted by molar-refractivity contribution is -0.161. The topological polar surface area (TPSA) is 91.3 Å². The number of carbonyl (C=O) groups excluding carboxylic acids is 2. The number of amides is 2. The number of anilines is 1. The molecule has 0 radical (unpaired) electrons. The van der Waals surface area contributed by atoms with Gasteiger partial charge in [-0.05, 0) is 26.3 Å². The van der Waals surface area contributed by atoms with Crippen LogP contribution in [0.2, 0.25) is 0 Å². The van der Waals surface area contributed by atoms with Crippen LogP contribution in [-0.4, -0.2) is 45.0 Å². The van der Waals surface area contributed by atoms with Crippen molar-refractivity contribution < 1.29 is 22.8 Å². The molecular weight excluding hydrogens is 425 g/mol. The first-order chi connectivity index (χ1) is 15.1. The normalized spacial score (nSPS) is 23.4. The molecule has 2 aromatic rings. The molecule has 2 aliphatic heterocycles. The molecule has 0 saturated carbocycles. The van der Waals surface area contributed by atoms with E-state index in [-0.39, 0.29) is 23.1 Å². The van der Waals surface area contributed by atoms with Gasteiger partial charge in [0.1, 0.15) is 17.8 Å². The van der Waals surface area contributed by atoms with Crippen molar-refractivity contribution in [3.05, 3.63) is 59.4 Å². The molecule has 3 unspecified atom stereocenters. The van der Waals surface area contributed by atoms with Crippen molar-refractivity contribution in [3.63, 3.8) is 0 Å². The number of hydrogen-bond donors (Lipinski definition) is 3. The molecule has 11 heteroatoms. The largest absolute Gasteiger partial charge is 0.406 e. The van der Waals surface area contributed by atoms with E-state index < -0.39 is 36.1 Å². The quantitative estimate of drug-likeness (QED) is 0.626. The monoisotopic (exact) mass is 448 g/mol. The highest BCUT2D eigenvalue weighted by molar-refractivity contribution is 6.23. The van der Waals surface area contributed by atoms with Crippen molar-refractivity contribution >= 4 is 17.6 Å². The van der Waals surface area contributed by atoms with Gasteiger partial charge in [-0.25, -0.2) is 10.4 Å². The Bertz CT molecular complexity index is 1060. The lowest BCUT2D eigenvalue weighted by Gasteiger charge is -2.34. The van der Waals surface area contributed by atoms with Gasteiger partial charge >= 0.3 is 6.18 Å². The summed E-state index contributed by atoms with van der Waals surface area (Å²) in [6, 6.07) is 7.84. The van der Waals surface area contributed by atoms with E-state index in [1.54, 1.807) is 47.3 Å². The fourth-order valence-electron chi connectivity index (χ4n) is 4.03. The van der Waals surface area contributed by atoms with Crippen LogP contribution in [0.25, 0.3) is 0 Å². The van der Waals surface area contributed by atoms with Gasteiger partial charge in [0, 0.05) is 24.0 Å². The number of carbonyl (C=O) groups is 2. The average molecular weight is 448 g/mol. The maximum atomic E-state index is 13.8. The number of nitrogens with one attached hydrogen (secondary N) is 3. The Morgan fingerprint density at radius 1 is 1.19 bits per heavy atom. The first-order valence-electron chi connectivity index (χ1n) is 10.1. The van der Waals surface area contributed by atoms with Crippen LogP contribution < -0.4 is 16.1 Å². The third-order valence-corrected chi connectivity index (χ3v) is 5.57. The fourth-order valence-corrected chi connectivity index (χ4v) is 4.03. The Morgan fingerprint density at radius 2 is 1.88 bits per heavy atom. The van der Waals surface area contributed by atoms with Crippen molar-refractivity contribution in [1.29, 1.82) is 0 Å². The van der Waals surface area contributed by atoms with E-state index in [4.69, 9.17) is 0 Å². The Labute approximate surface area is 182 Å². The fraction of sp³-hybridized carbons (Fsp3) is 0.381. The van der Waals surface area contributed by atoms with Crippen molar-refractivity contribution in [2.45, 2.75) is 51.1 Å². The summed E-state index contributed by atoms with van der Waals surface area (Å²) in [6.45, 7) is 5.33. The predicted molar refractivity (Wildman–Crippen MR) is 110 cm³/mol. The number of benzene rings is 1. The van der Waals surface area contributed by atoms with Crippen molar-refractivity contribution in [2.75, 3.05) is 5.32 Å². The van der Waals surface area contributed by atoms with Crippen LogP contribution in [0.5, 0.6) is 0 Å². The Hall–Kier alpha value is -3.34. The summed E-state index contributed by atoms with van der Waals surface area (Å²) in [4.78, 5) is 26.0. The van der Waals surface area contributed by atoms with Gasteiger partial charge in [-0.15, -0.1) is 0 Å². The number of hydrogen-bond acceptors (Lipinski definition) is 5. The molecule has 8 nitrogen and oxygen atoms in total. The van der Waals surface area contributed by atoms with Crippen LogP contribution >= 0.6 is 0 Å². The molecule has 3 heterocycles. The van der Waals surface area contributed by atoms with Crippen LogP contribution in [-0.2, 0) is 9.59 Å². The van der Waals surface area contributed by atoms with Crippen molar-refractivity contribution in [1.82, 2.24) is 25.5 Å². The summed E-state index contributed by atoms with van der Waals surface area (Å²) in [5, 5.41) is 10.6. The molecule has 4 rings (SSSR count). The highest BCUT2D eigenvalue weighted by Gasteiger charge is 2.58. The molecule has 1 aromatic carbocycles. The van der Waals surface area contributed by atoms with Gasteiger partial charge in [0.15, 0.2) is 5.82 Å². The molecule has 1 saturated heterocycles. The number of nitrogens with zero attached hydrogens (tertiary/aromatic N) is 3. The van der Waals surface area contributed by atoms with Crippen LogP contribution in [0.4, 0.5) is 19.0 Å². The number of rotatable bonds is 4. The Balaban J connectivity index is 1.63. The molecule has 3 N–H and O–H groups in total. The molecule has 2 aliphatic rings. The number of halogens is 3. The van der Waals surface area contributed by atoms with E-state index in [0.29, 0.717) is 5.56 Å². The second-order valence-corrected chi connectivity index (χ2v) is 8.08. The zero-order chi connectivity index (χ0) is 23.2. The summed E-state index contributed by atoms with van der Waals surface area (Å²) in [5.41, 5.74) is 2.63. The van der Waals surface area contributed by atoms with E-state index in [1.807, 2.05) is 13.8 Å². The van der Waals surface area contributed by atoms with Crippen LogP contribution in [0.3, 0.4) is 0 Å². The van der Waals surface area contributed by atoms with Gasteiger partial charge in [-0.3, -0.25) is 14.3 Å². The average Bonchev–Trinajstić information content (AvgIpc) is 3.33. The lowest BCUT2D eigenvalue weighted by atomic mass is 9.89. The summed E-state index contributed by atoms with van der Waals surface area (Å²) in [7, 11) is 0. The zero-order valence-electron chi connectivity index (χ0n) is 17.6. The maximum absolute atomic E-state index is 13.8. The number of allylic oxidation sites excluding steroid dienone is 1. The van der Waals surface area contributed by atoms with Crippen molar-refractivity contribution in [3.8, 4) is 0 Å². The van der Waals surface area contributed by atoms with Gasteiger partial charge in [-0.2, -0.15) is 18.3 Å². The molecular formula is C21H23F3N6O2. The molecule has 0 aliphatic carbocycles. The molecule has 0 spiro atoms. The zero-order valence-corrected chi connectivity index (χ0v) is 17.6. The third kappa shape index (κ3) is 3.83. The lowest BCUT2D eigenvalue weighted by Crippen LogP contribution is -2.56. The minimum atomic E-state index is -4.61. The molecule has 170 valence electrons. The second kappa shape index (κ2) is 7.97. The van der Waals surface area contributed by atoms with Crippen molar-refractivity contribution in [2.24, 2.45) is 0 Å². The Morgan fingerprint density at radius 3 is 2.47 bits per heavy atom. The molecule has 1 fully saturated rings. The number of hydrazine groups is 1. The SMILES string of the molecule is CC1=C(C(=O)Nc2ccn(C(C)C)n2)C(=O)N2NC(C(F)(F)F)C(c3ccccc3)C2N1. The van der Waals surface area contributed by atoms with E-state index in [9.17, 15) is 22.8 Å². The summed E-state index contributed by atoms with van der Waals surface area (Å²) in [6.07, 6.45) is -3.94. The van der Waals surface area contributed by atoms with E-state index in [0.717, 1.165) is 5.01 Å². The van der Waals surface area contributed by atoms with E-state index in [2.05, 4.69) is 21.2 Å². The predicted octanol–water partition coefficient (Wildman–Crippen LogP) is 2.67.